The number of nitrogens with zero attached hydrogens (tertiary/aromatic N) is 8. The third kappa shape index (κ3) is 2.57. The van der Waals surface area contributed by atoms with Gasteiger partial charge in [-0.1, -0.05) is 0 Å². The van der Waals surface area contributed by atoms with E-state index in [9.17, 15) is 0 Å². The second kappa shape index (κ2) is 4.96. The van der Waals surface area contributed by atoms with Crippen molar-refractivity contribution in [2.45, 2.75) is 23.2 Å². The average Bonchev–Trinajstić information content (AvgIpc) is 3.01. The smallest absolute Gasteiger partial charge is 0.231 e. The summed E-state index contributed by atoms with van der Waals surface area (Å²) in [5, 5.41) is 12.3. The second-order valence-electron chi connectivity index (χ2n) is 4.16. The summed E-state index contributed by atoms with van der Waals surface area (Å²) >= 11 is 1.27. The Labute approximate surface area is 113 Å². The second-order valence-corrected chi connectivity index (χ2v) is 5.09. The Morgan fingerprint density at radius 2 is 1.95 bits per heavy atom. The first-order valence-corrected chi connectivity index (χ1v) is 6.71. The lowest BCUT2D eigenvalue weighted by atomic mass is 10.4. The van der Waals surface area contributed by atoms with E-state index in [1.807, 2.05) is 0 Å². The first-order valence-electron chi connectivity index (χ1n) is 5.89. The summed E-state index contributed by atoms with van der Waals surface area (Å²) in [4.78, 5) is 14.8. The molecule has 0 bridgehead atoms. The zero-order valence-corrected chi connectivity index (χ0v) is 11.2. The number of hydrogen-bond donors (Lipinski definition) is 1. The zero-order chi connectivity index (χ0) is 13.2. The van der Waals surface area contributed by atoms with Gasteiger partial charge in [0.25, 0.3) is 0 Å². The van der Waals surface area contributed by atoms with E-state index in [0.29, 0.717) is 16.3 Å². The van der Waals surface area contributed by atoms with Crippen molar-refractivity contribution in [3.05, 3.63) is 0 Å². The summed E-state index contributed by atoms with van der Waals surface area (Å²) in [6, 6.07) is 0. The van der Waals surface area contributed by atoms with Crippen LogP contribution >= 0.6 is 11.8 Å². The summed E-state index contributed by atoms with van der Waals surface area (Å²) in [6.45, 7) is 1.91. The van der Waals surface area contributed by atoms with Crippen LogP contribution in [-0.2, 0) is 7.05 Å². The Morgan fingerprint density at radius 3 is 2.63 bits per heavy atom. The molecule has 3 heterocycles. The van der Waals surface area contributed by atoms with Gasteiger partial charge in [-0.15, -0.1) is 5.10 Å². The van der Waals surface area contributed by atoms with Gasteiger partial charge in [-0.25, -0.2) is 4.68 Å². The van der Waals surface area contributed by atoms with Gasteiger partial charge in [0.2, 0.25) is 22.2 Å². The van der Waals surface area contributed by atoms with Crippen molar-refractivity contribution < 1.29 is 0 Å². The van der Waals surface area contributed by atoms with Gasteiger partial charge < -0.3 is 10.6 Å². The van der Waals surface area contributed by atoms with Crippen molar-refractivity contribution >= 4 is 23.7 Å². The van der Waals surface area contributed by atoms with Crippen molar-refractivity contribution in [2.75, 3.05) is 23.7 Å². The molecule has 3 rings (SSSR count). The molecule has 2 N–H and O–H groups in total. The summed E-state index contributed by atoms with van der Waals surface area (Å²) < 4.78 is 1.56. The Morgan fingerprint density at radius 1 is 1.16 bits per heavy atom. The highest BCUT2D eigenvalue weighted by Gasteiger charge is 2.18. The molecule has 1 fully saturated rings. The molecular weight excluding hydrogens is 266 g/mol. The van der Waals surface area contributed by atoms with Crippen LogP contribution < -0.4 is 10.6 Å². The first kappa shape index (κ1) is 12.1. The molecule has 0 aliphatic carbocycles. The van der Waals surface area contributed by atoms with Crippen LogP contribution in [0, 0.1) is 0 Å². The SMILES string of the molecule is Cn1nnnc1Sc1nc(N)nc(N2CCCC2)n1. The van der Waals surface area contributed by atoms with Gasteiger partial charge in [0.15, 0.2) is 0 Å². The zero-order valence-electron chi connectivity index (χ0n) is 10.4. The molecule has 2 aromatic rings. The molecular formula is C9H13N9S. The third-order valence-corrected chi connectivity index (χ3v) is 3.67. The maximum absolute atomic E-state index is 5.73. The van der Waals surface area contributed by atoms with E-state index in [0.717, 1.165) is 25.9 Å². The van der Waals surface area contributed by atoms with Gasteiger partial charge in [0.1, 0.15) is 0 Å². The highest BCUT2D eigenvalue weighted by Crippen LogP contribution is 2.24. The Hall–Kier alpha value is -1.97. The number of anilines is 2. The number of aryl methyl sites for hydroxylation is 1. The minimum Gasteiger partial charge on any atom is -0.368 e. The summed E-state index contributed by atoms with van der Waals surface area (Å²) in [7, 11) is 1.76. The lowest BCUT2D eigenvalue weighted by Gasteiger charge is -2.15. The molecule has 0 saturated carbocycles. The number of rotatable bonds is 3. The van der Waals surface area contributed by atoms with Crippen molar-refractivity contribution in [1.29, 1.82) is 0 Å². The van der Waals surface area contributed by atoms with Crippen LogP contribution in [0.1, 0.15) is 12.8 Å². The number of tetrazole rings is 1. The lowest BCUT2D eigenvalue weighted by Crippen LogP contribution is -2.21. The lowest BCUT2D eigenvalue weighted by molar-refractivity contribution is 0.663. The molecule has 9 nitrogen and oxygen atoms in total. The fourth-order valence-corrected chi connectivity index (χ4v) is 2.53. The molecule has 1 aliphatic rings. The summed E-state index contributed by atoms with van der Waals surface area (Å²) in [5.41, 5.74) is 5.73. The quantitative estimate of drug-likeness (QED) is 0.811. The molecule has 0 radical (unpaired) electrons. The first-order chi connectivity index (χ1) is 9.22. The van der Waals surface area contributed by atoms with Crippen molar-refractivity contribution in [2.24, 2.45) is 7.05 Å². The van der Waals surface area contributed by atoms with Crippen LogP contribution in [0.2, 0.25) is 0 Å². The molecule has 0 atom stereocenters. The van der Waals surface area contributed by atoms with E-state index in [2.05, 4.69) is 35.4 Å². The highest BCUT2D eigenvalue weighted by molar-refractivity contribution is 7.99. The Bertz CT molecular complexity index is 577. The van der Waals surface area contributed by atoms with Crippen LogP contribution in [0.3, 0.4) is 0 Å². The molecule has 1 saturated heterocycles. The van der Waals surface area contributed by atoms with Gasteiger partial charge in [0.05, 0.1) is 0 Å². The van der Waals surface area contributed by atoms with E-state index in [4.69, 9.17) is 5.73 Å². The van der Waals surface area contributed by atoms with Gasteiger partial charge in [-0.3, -0.25) is 0 Å². The summed E-state index contributed by atoms with van der Waals surface area (Å²) in [5.74, 6) is 0.845. The standard InChI is InChI=1S/C9H13N9S/c1-17-9(14-15-16-17)19-8-12-6(10)11-7(13-8)18-4-2-3-5-18/h2-5H2,1H3,(H2,10,11,12,13). The van der Waals surface area contributed by atoms with Gasteiger partial charge in [-0.2, -0.15) is 15.0 Å². The van der Waals surface area contributed by atoms with Crippen LogP contribution in [0.25, 0.3) is 0 Å². The molecule has 0 spiro atoms. The maximum Gasteiger partial charge on any atom is 0.231 e. The van der Waals surface area contributed by atoms with Crippen LogP contribution in [0.4, 0.5) is 11.9 Å². The van der Waals surface area contributed by atoms with Crippen LogP contribution in [-0.4, -0.2) is 48.2 Å². The molecule has 19 heavy (non-hydrogen) atoms. The fourth-order valence-electron chi connectivity index (χ4n) is 1.85. The minimum atomic E-state index is 0.217. The van der Waals surface area contributed by atoms with E-state index in [-0.39, 0.29) is 5.95 Å². The van der Waals surface area contributed by atoms with E-state index < -0.39 is 0 Å². The normalized spacial score (nSPS) is 15.1. The fraction of sp³-hybridized carbons (Fsp3) is 0.556. The van der Waals surface area contributed by atoms with Crippen molar-refractivity contribution in [1.82, 2.24) is 35.2 Å². The minimum absolute atomic E-state index is 0.217. The molecule has 0 aromatic carbocycles. The topological polar surface area (TPSA) is 112 Å². The molecule has 0 amide bonds. The van der Waals surface area contributed by atoms with Gasteiger partial charge >= 0.3 is 0 Å². The third-order valence-electron chi connectivity index (χ3n) is 2.77. The van der Waals surface area contributed by atoms with Crippen LogP contribution in [0.15, 0.2) is 10.3 Å². The van der Waals surface area contributed by atoms with E-state index in [1.165, 1.54) is 11.8 Å². The van der Waals surface area contributed by atoms with Crippen molar-refractivity contribution in [3.63, 3.8) is 0 Å². The van der Waals surface area contributed by atoms with Crippen LogP contribution in [0.5, 0.6) is 0 Å². The van der Waals surface area contributed by atoms with Crippen molar-refractivity contribution in [3.8, 4) is 0 Å². The summed E-state index contributed by atoms with van der Waals surface area (Å²) in [6.07, 6.45) is 2.31. The number of nitrogen functional groups attached to an aromatic ring is 1. The Balaban J connectivity index is 1.87. The maximum atomic E-state index is 5.73. The Kier molecular flexibility index (Phi) is 3.15. The molecule has 1 aliphatic heterocycles. The highest BCUT2D eigenvalue weighted by atomic mass is 32.2. The largest absolute Gasteiger partial charge is 0.368 e. The number of nitrogens with two attached hydrogens (primary N) is 1. The monoisotopic (exact) mass is 279 g/mol. The van der Waals surface area contributed by atoms with Gasteiger partial charge in [-0.05, 0) is 35.0 Å². The van der Waals surface area contributed by atoms with E-state index in [1.54, 1.807) is 11.7 Å². The number of aromatic nitrogens is 7. The molecule has 100 valence electrons. The van der Waals surface area contributed by atoms with Gasteiger partial charge in [0, 0.05) is 20.1 Å². The predicted octanol–water partition coefficient (Wildman–Crippen LogP) is -0.271. The predicted molar refractivity (Wildman–Crippen MR) is 68.6 cm³/mol. The molecule has 10 heteroatoms. The van der Waals surface area contributed by atoms with E-state index >= 15 is 0 Å². The molecule has 2 aromatic heterocycles. The molecule has 0 unspecified atom stereocenters. The number of hydrogen-bond acceptors (Lipinski definition) is 9. The average molecular weight is 279 g/mol.